The highest BCUT2D eigenvalue weighted by Crippen LogP contribution is 2.33. The van der Waals surface area contributed by atoms with Crippen molar-refractivity contribution >= 4 is 49.6 Å². The first-order valence-electron chi connectivity index (χ1n) is 10.2. The fraction of sp³-hybridized carbons (Fsp3) is 0.318. The standard InChI is InChI=1S/C22H22F3N5O3S/c1-21(2,32-4)11-26-18(31)12-5-8-16-15(9-12)27-19(30(16)3)29-20-28-14-7-6-13(10-17(14)34-20)33-22(23,24)25/h5-10H,11H2,1-4H3,(H,26,31)(H,27,28,29). The molecule has 4 aromatic rings. The van der Waals surface area contributed by atoms with Crippen molar-refractivity contribution in [2.45, 2.75) is 25.8 Å². The second-order valence-corrected chi connectivity index (χ2v) is 9.20. The molecule has 34 heavy (non-hydrogen) atoms. The van der Waals surface area contributed by atoms with Crippen LogP contribution < -0.4 is 15.4 Å². The first kappa shape index (κ1) is 23.8. The van der Waals surface area contributed by atoms with Gasteiger partial charge in [-0.1, -0.05) is 11.3 Å². The Morgan fingerprint density at radius 1 is 1.12 bits per heavy atom. The quantitative estimate of drug-likeness (QED) is 0.377. The van der Waals surface area contributed by atoms with E-state index in [1.807, 2.05) is 13.8 Å². The van der Waals surface area contributed by atoms with Crippen LogP contribution in [0.2, 0.25) is 0 Å². The number of nitrogens with zero attached hydrogens (tertiary/aromatic N) is 3. The van der Waals surface area contributed by atoms with Crippen LogP contribution in [0.5, 0.6) is 5.75 Å². The summed E-state index contributed by atoms with van der Waals surface area (Å²) < 4.78 is 49.1. The van der Waals surface area contributed by atoms with Crippen LogP contribution in [0.1, 0.15) is 24.2 Å². The van der Waals surface area contributed by atoms with Crippen LogP contribution in [0.15, 0.2) is 36.4 Å². The highest BCUT2D eigenvalue weighted by molar-refractivity contribution is 7.22. The van der Waals surface area contributed by atoms with E-state index in [0.717, 1.165) is 5.52 Å². The molecule has 0 atom stereocenters. The molecule has 1 amide bonds. The smallest absolute Gasteiger partial charge is 0.406 e. The van der Waals surface area contributed by atoms with Gasteiger partial charge in [0.05, 0.1) is 26.9 Å². The summed E-state index contributed by atoms with van der Waals surface area (Å²) in [7, 11) is 3.39. The molecule has 0 aliphatic heterocycles. The predicted molar refractivity (Wildman–Crippen MR) is 124 cm³/mol. The van der Waals surface area contributed by atoms with Gasteiger partial charge in [-0.05, 0) is 44.2 Å². The van der Waals surface area contributed by atoms with Crippen molar-refractivity contribution in [3.63, 3.8) is 0 Å². The minimum Gasteiger partial charge on any atom is -0.406 e. The largest absolute Gasteiger partial charge is 0.573 e. The average molecular weight is 494 g/mol. The summed E-state index contributed by atoms with van der Waals surface area (Å²) in [6, 6.07) is 9.16. The molecule has 0 spiro atoms. The molecule has 12 heteroatoms. The van der Waals surface area contributed by atoms with Crippen LogP contribution in [0.3, 0.4) is 0 Å². The van der Waals surface area contributed by atoms with Gasteiger partial charge in [0.2, 0.25) is 5.95 Å². The second-order valence-electron chi connectivity index (χ2n) is 8.17. The molecule has 0 radical (unpaired) electrons. The third-order valence-corrected chi connectivity index (χ3v) is 6.12. The molecule has 2 aromatic heterocycles. The highest BCUT2D eigenvalue weighted by Gasteiger charge is 2.31. The summed E-state index contributed by atoms with van der Waals surface area (Å²) in [5.74, 6) is -0.0771. The maximum Gasteiger partial charge on any atom is 0.573 e. The number of fused-ring (bicyclic) bond motifs is 2. The number of carbonyl (C=O) groups excluding carboxylic acids is 1. The van der Waals surface area contributed by atoms with E-state index in [0.29, 0.717) is 38.9 Å². The van der Waals surface area contributed by atoms with Crippen LogP contribution in [-0.2, 0) is 11.8 Å². The van der Waals surface area contributed by atoms with Crippen LogP contribution >= 0.6 is 11.3 Å². The summed E-state index contributed by atoms with van der Waals surface area (Å²) in [5.41, 5.74) is 1.89. The minimum absolute atomic E-state index is 0.241. The number of amides is 1. The number of benzene rings is 2. The lowest BCUT2D eigenvalue weighted by Gasteiger charge is -2.23. The van der Waals surface area contributed by atoms with Gasteiger partial charge in [0.25, 0.3) is 5.91 Å². The molecule has 0 bridgehead atoms. The van der Waals surface area contributed by atoms with Crippen LogP contribution in [-0.4, -0.2) is 46.1 Å². The Kier molecular flexibility index (Phi) is 6.13. The number of halogens is 3. The normalized spacial score (nSPS) is 12.3. The number of nitrogens with one attached hydrogen (secondary N) is 2. The van der Waals surface area contributed by atoms with E-state index < -0.39 is 12.0 Å². The molecule has 4 rings (SSSR count). The maximum atomic E-state index is 12.5. The van der Waals surface area contributed by atoms with E-state index in [1.165, 1.54) is 29.5 Å². The Labute approximate surface area is 196 Å². The number of aryl methyl sites for hydroxylation is 1. The number of anilines is 2. The maximum absolute atomic E-state index is 12.5. The number of hydrogen-bond acceptors (Lipinski definition) is 7. The Balaban J connectivity index is 1.55. The first-order valence-corrected chi connectivity index (χ1v) is 11.0. The monoisotopic (exact) mass is 493 g/mol. The molecule has 2 heterocycles. The summed E-state index contributed by atoms with van der Waals surface area (Å²) in [5, 5.41) is 6.40. The van der Waals surface area contributed by atoms with Crippen molar-refractivity contribution in [3.05, 3.63) is 42.0 Å². The Hall–Kier alpha value is -3.38. The van der Waals surface area contributed by atoms with Gasteiger partial charge >= 0.3 is 6.36 Å². The number of methoxy groups -OCH3 is 1. The predicted octanol–water partition coefficient (Wildman–Crippen LogP) is 4.98. The van der Waals surface area contributed by atoms with Gasteiger partial charge in [-0.15, -0.1) is 13.2 Å². The van der Waals surface area contributed by atoms with Gasteiger partial charge in [-0.2, -0.15) is 0 Å². The van der Waals surface area contributed by atoms with Gasteiger partial charge in [0.1, 0.15) is 5.75 Å². The van der Waals surface area contributed by atoms with E-state index in [4.69, 9.17) is 4.74 Å². The van der Waals surface area contributed by atoms with Gasteiger partial charge < -0.3 is 24.7 Å². The van der Waals surface area contributed by atoms with E-state index in [1.54, 1.807) is 36.9 Å². The van der Waals surface area contributed by atoms with Gasteiger partial charge in [0.15, 0.2) is 5.13 Å². The summed E-state index contributed by atoms with van der Waals surface area (Å²) in [6.45, 7) is 4.10. The van der Waals surface area contributed by atoms with Crippen LogP contribution in [0.25, 0.3) is 21.3 Å². The lowest BCUT2D eigenvalue weighted by Crippen LogP contribution is -2.39. The Bertz CT molecular complexity index is 1360. The summed E-state index contributed by atoms with van der Waals surface area (Å²) in [6.07, 6.45) is -4.76. The third-order valence-electron chi connectivity index (χ3n) is 5.18. The topological polar surface area (TPSA) is 90.3 Å². The average Bonchev–Trinajstić information content (AvgIpc) is 3.30. The summed E-state index contributed by atoms with van der Waals surface area (Å²) >= 11 is 1.17. The molecule has 0 unspecified atom stereocenters. The van der Waals surface area contributed by atoms with Crippen molar-refractivity contribution in [1.82, 2.24) is 19.9 Å². The Morgan fingerprint density at radius 2 is 1.88 bits per heavy atom. The molecule has 0 aliphatic carbocycles. The molecule has 0 saturated carbocycles. The Morgan fingerprint density at radius 3 is 2.59 bits per heavy atom. The van der Waals surface area contributed by atoms with E-state index in [9.17, 15) is 18.0 Å². The van der Waals surface area contributed by atoms with E-state index in [-0.39, 0.29) is 11.7 Å². The third kappa shape index (κ3) is 5.23. The molecule has 2 aromatic carbocycles. The minimum atomic E-state index is -4.76. The molecule has 8 nitrogen and oxygen atoms in total. The van der Waals surface area contributed by atoms with Crippen molar-refractivity contribution < 1.29 is 27.4 Å². The number of aromatic nitrogens is 3. The molecule has 0 fully saturated rings. The van der Waals surface area contributed by atoms with E-state index >= 15 is 0 Å². The van der Waals surface area contributed by atoms with Crippen molar-refractivity contribution in [3.8, 4) is 5.75 Å². The molecule has 0 aliphatic rings. The SMILES string of the molecule is COC(C)(C)CNC(=O)c1ccc2c(c1)nc(Nc1nc3ccc(OC(F)(F)F)cc3s1)n2C. The van der Waals surface area contributed by atoms with Crippen molar-refractivity contribution in [1.29, 1.82) is 0 Å². The molecule has 2 N–H and O–H groups in total. The van der Waals surface area contributed by atoms with Crippen LogP contribution in [0, 0.1) is 0 Å². The van der Waals surface area contributed by atoms with Crippen molar-refractivity contribution in [2.24, 2.45) is 7.05 Å². The van der Waals surface area contributed by atoms with Gasteiger partial charge in [-0.3, -0.25) is 4.79 Å². The van der Waals surface area contributed by atoms with Crippen LogP contribution in [0.4, 0.5) is 24.3 Å². The zero-order valence-electron chi connectivity index (χ0n) is 18.8. The van der Waals surface area contributed by atoms with Crippen molar-refractivity contribution in [2.75, 3.05) is 19.0 Å². The van der Waals surface area contributed by atoms with Gasteiger partial charge in [0, 0.05) is 32.3 Å². The molecule has 0 saturated heterocycles. The lowest BCUT2D eigenvalue weighted by atomic mass is 10.1. The number of ether oxygens (including phenoxy) is 2. The van der Waals surface area contributed by atoms with Gasteiger partial charge in [-0.25, -0.2) is 9.97 Å². The number of hydrogen-bond donors (Lipinski definition) is 2. The summed E-state index contributed by atoms with van der Waals surface area (Å²) in [4.78, 5) is 21.5. The number of thiazole rings is 1. The number of carbonyl (C=O) groups is 1. The second kappa shape index (κ2) is 8.76. The zero-order valence-corrected chi connectivity index (χ0v) is 19.6. The fourth-order valence-electron chi connectivity index (χ4n) is 3.17. The fourth-order valence-corrected chi connectivity index (χ4v) is 4.06. The first-order chi connectivity index (χ1) is 15.9. The molecule has 180 valence electrons. The molecular formula is C22H22F3N5O3S. The van der Waals surface area contributed by atoms with E-state index in [2.05, 4.69) is 25.3 Å². The number of alkyl halides is 3. The zero-order chi connectivity index (χ0) is 24.7. The lowest BCUT2D eigenvalue weighted by molar-refractivity contribution is -0.274. The number of imidazole rings is 1. The molecular weight excluding hydrogens is 471 g/mol. The highest BCUT2D eigenvalue weighted by atomic mass is 32.1. The number of rotatable bonds is 7.